The van der Waals surface area contributed by atoms with Crippen molar-refractivity contribution in [1.82, 2.24) is 5.32 Å². The van der Waals surface area contributed by atoms with Crippen molar-refractivity contribution < 1.29 is 14.6 Å². The highest BCUT2D eigenvalue weighted by molar-refractivity contribution is 5.78. The van der Waals surface area contributed by atoms with Crippen molar-refractivity contribution in [2.45, 2.75) is 32.9 Å². The Kier molecular flexibility index (Phi) is 6.18. The van der Waals surface area contributed by atoms with Crippen molar-refractivity contribution in [3.63, 3.8) is 0 Å². The summed E-state index contributed by atoms with van der Waals surface area (Å²) in [4.78, 5) is 12.0. The maximum Gasteiger partial charge on any atom is 0.258 e. The van der Waals surface area contributed by atoms with Crippen molar-refractivity contribution in [3.8, 4) is 5.75 Å². The molecule has 4 heteroatoms. The van der Waals surface area contributed by atoms with Gasteiger partial charge in [0.25, 0.3) is 5.91 Å². The van der Waals surface area contributed by atoms with Gasteiger partial charge in [0.15, 0.2) is 6.61 Å². The summed E-state index contributed by atoms with van der Waals surface area (Å²) in [5.41, 5.74) is 3.16. The molecule has 0 spiro atoms. The molecule has 2 N–H and O–H groups in total. The number of aryl methyl sites for hydroxylation is 1. The van der Waals surface area contributed by atoms with Crippen LogP contribution >= 0.6 is 0 Å². The number of ether oxygens (including phenoxy) is 1. The van der Waals surface area contributed by atoms with E-state index >= 15 is 0 Å². The van der Waals surface area contributed by atoms with Gasteiger partial charge in [-0.25, -0.2) is 0 Å². The van der Waals surface area contributed by atoms with Crippen LogP contribution in [0.4, 0.5) is 0 Å². The maximum absolute atomic E-state index is 12.0. The fourth-order valence-corrected chi connectivity index (χ4v) is 2.25. The second kappa shape index (κ2) is 8.34. The molecular formula is C19H23NO3. The number of hydrogen-bond acceptors (Lipinski definition) is 3. The number of aliphatic hydroxyl groups excluding tert-OH is 1. The van der Waals surface area contributed by atoms with Crippen LogP contribution in [0.1, 0.15) is 36.6 Å². The number of carbonyl (C=O) groups excluding carboxylic acids is 1. The zero-order chi connectivity index (χ0) is 16.7. The Morgan fingerprint density at radius 1 is 1.09 bits per heavy atom. The molecule has 0 saturated carbocycles. The standard InChI is InChI=1S/C19H23NO3/c1-3-15-4-8-17(9-5-15)14(2)20-19(22)13-23-18-10-6-16(12-21)7-11-18/h4-11,14,21H,3,12-13H2,1-2H3,(H,20,22). The van der Waals surface area contributed by atoms with Crippen LogP contribution < -0.4 is 10.1 Å². The summed E-state index contributed by atoms with van der Waals surface area (Å²) in [5.74, 6) is 0.445. The molecule has 0 saturated heterocycles. The quantitative estimate of drug-likeness (QED) is 0.826. The summed E-state index contributed by atoms with van der Waals surface area (Å²) in [7, 11) is 0. The molecule has 0 aliphatic rings. The number of aliphatic hydroxyl groups is 1. The topological polar surface area (TPSA) is 58.6 Å². The van der Waals surface area contributed by atoms with Gasteiger partial charge in [0.1, 0.15) is 5.75 Å². The van der Waals surface area contributed by atoms with E-state index in [2.05, 4.69) is 24.4 Å². The van der Waals surface area contributed by atoms with E-state index in [0.29, 0.717) is 5.75 Å². The van der Waals surface area contributed by atoms with E-state index in [4.69, 9.17) is 9.84 Å². The Hall–Kier alpha value is -2.33. The lowest BCUT2D eigenvalue weighted by Gasteiger charge is -2.15. The van der Waals surface area contributed by atoms with Crippen LogP contribution in [0.5, 0.6) is 5.75 Å². The first-order valence-electron chi connectivity index (χ1n) is 7.83. The number of nitrogens with one attached hydrogen (secondary N) is 1. The fourth-order valence-electron chi connectivity index (χ4n) is 2.25. The zero-order valence-corrected chi connectivity index (χ0v) is 13.6. The van der Waals surface area contributed by atoms with Crippen LogP contribution in [0.15, 0.2) is 48.5 Å². The molecule has 23 heavy (non-hydrogen) atoms. The minimum atomic E-state index is -0.164. The predicted molar refractivity (Wildman–Crippen MR) is 90.2 cm³/mol. The molecule has 0 bridgehead atoms. The first-order chi connectivity index (χ1) is 11.1. The molecule has 1 atom stereocenters. The monoisotopic (exact) mass is 313 g/mol. The van der Waals surface area contributed by atoms with Crippen LogP contribution in [0.2, 0.25) is 0 Å². The lowest BCUT2D eigenvalue weighted by molar-refractivity contribution is -0.123. The van der Waals surface area contributed by atoms with Crippen molar-refractivity contribution in [1.29, 1.82) is 0 Å². The molecule has 2 aromatic carbocycles. The molecule has 122 valence electrons. The molecule has 2 rings (SSSR count). The number of hydrogen-bond donors (Lipinski definition) is 2. The van der Waals surface area contributed by atoms with E-state index in [1.165, 1.54) is 5.56 Å². The van der Waals surface area contributed by atoms with Gasteiger partial charge in [0, 0.05) is 0 Å². The second-order valence-electron chi connectivity index (χ2n) is 5.48. The summed E-state index contributed by atoms with van der Waals surface area (Å²) in [6.45, 7) is 4.03. The van der Waals surface area contributed by atoms with Gasteiger partial charge in [-0.3, -0.25) is 4.79 Å². The molecule has 0 heterocycles. The van der Waals surface area contributed by atoms with Gasteiger partial charge in [0.05, 0.1) is 12.6 Å². The van der Waals surface area contributed by atoms with Crippen molar-refractivity contribution in [2.75, 3.05) is 6.61 Å². The summed E-state index contributed by atoms with van der Waals surface area (Å²) < 4.78 is 5.45. The average Bonchev–Trinajstić information content (AvgIpc) is 2.60. The van der Waals surface area contributed by atoms with Gasteiger partial charge in [0.2, 0.25) is 0 Å². The van der Waals surface area contributed by atoms with E-state index in [9.17, 15) is 4.79 Å². The van der Waals surface area contributed by atoms with Crippen molar-refractivity contribution in [3.05, 3.63) is 65.2 Å². The van der Waals surface area contributed by atoms with E-state index in [1.54, 1.807) is 24.3 Å². The number of rotatable bonds is 7. The predicted octanol–water partition coefficient (Wildman–Crippen LogP) is 3.00. The molecule has 0 radical (unpaired) electrons. The van der Waals surface area contributed by atoms with Crippen LogP contribution in [-0.4, -0.2) is 17.6 Å². The number of amides is 1. The molecule has 2 aromatic rings. The van der Waals surface area contributed by atoms with E-state index in [1.807, 2.05) is 19.1 Å². The molecule has 0 aliphatic carbocycles. The highest BCUT2D eigenvalue weighted by atomic mass is 16.5. The first-order valence-corrected chi connectivity index (χ1v) is 7.83. The normalized spacial score (nSPS) is 11.8. The summed E-state index contributed by atoms with van der Waals surface area (Å²) in [5, 5.41) is 11.9. The van der Waals surface area contributed by atoms with Gasteiger partial charge in [-0.1, -0.05) is 43.3 Å². The number of carbonyl (C=O) groups is 1. The third kappa shape index (κ3) is 5.11. The van der Waals surface area contributed by atoms with Gasteiger partial charge < -0.3 is 15.2 Å². The third-order valence-corrected chi connectivity index (χ3v) is 3.74. The molecule has 1 amide bonds. The molecule has 0 fully saturated rings. The summed E-state index contributed by atoms with van der Waals surface area (Å²) in [6.07, 6.45) is 1.00. The Morgan fingerprint density at radius 2 is 1.70 bits per heavy atom. The van der Waals surface area contributed by atoms with Gasteiger partial charge in [-0.2, -0.15) is 0 Å². The van der Waals surface area contributed by atoms with E-state index in [-0.39, 0.29) is 25.2 Å². The Morgan fingerprint density at radius 3 is 2.26 bits per heavy atom. The lowest BCUT2D eigenvalue weighted by atomic mass is 10.1. The summed E-state index contributed by atoms with van der Waals surface area (Å²) >= 11 is 0. The maximum atomic E-state index is 12.0. The Balaban J connectivity index is 1.83. The smallest absolute Gasteiger partial charge is 0.258 e. The number of benzene rings is 2. The minimum Gasteiger partial charge on any atom is -0.484 e. The van der Waals surface area contributed by atoms with E-state index < -0.39 is 0 Å². The Labute approximate surface area is 137 Å². The highest BCUT2D eigenvalue weighted by Gasteiger charge is 2.10. The third-order valence-electron chi connectivity index (χ3n) is 3.74. The van der Waals surface area contributed by atoms with Gasteiger partial charge in [-0.15, -0.1) is 0 Å². The van der Waals surface area contributed by atoms with Crippen LogP contribution in [0, 0.1) is 0 Å². The molecular weight excluding hydrogens is 290 g/mol. The first kappa shape index (κ1) is 17.0. The van der Waals surface area contributed by atoms with Crippen molar-refractivity contribution in [2.24, 2.45) is 0 Å². The molecule has 4 nitrogen and oxygen atoms in total. The summed E-state index contributed by atoms with van der Waals surface area (Å²) in [6, 6.07) is 15.2. The second-order valence-corrected chi connectivity index (χ2v) is 5.48. The van der Waals surface area contributed by atoms with Crippen LogP contribution in [0.25, 0.3) is 0 Å². The molecule has 0 aliphatic heterocycles. The van der Waals surface area contributed by atoms with E-state index in [0.717, 1.165) is 17.5 Å². The van der Waals surface area contributed by atoms with Gasteiger partial charge in [-0.05, 0) is 42.2 Å². The largest absolute Gasteiger partial charge is 0.484 e. The zero-order valence-electron chi connectivity index (χ0n) is 13.6. The minimum absolute atomic E-state index is 0.00486. The average molecular weight is 313 g/mol. The highest BCUT2D eigenvalue weighted by Crippen LogP contribution is 2.14. The molecule has 1 unspecified atom stereocenters. The Bertz CT molecular complexity index is 620. The van der Waals surface area contributed by atoms with Gasteiger partial charge >= 0.3 is 0 Å². The van der Waals surface area contributed by atoms with Crippen LogP contribution in [0.3, 0.4) is 0 Å². The lowest BCUT2D eigenvalue weighted by Crippen LogP contribution is -2.31. The van der Waals surface area contributed by atoms with Crippen molar-refractivity contribution >= 4 is 5.91 Å². The fraction of sp³-hybridized carbons (Fsp3) is 0.316. The molecule has 0 aromatic heterocycles. The SMILES string of the molecule is CCc1ccc(C(C)NC(=O)COc2ccc(CO)cc2)cc1. The van der Waals surface area contributed by atoms with Crippen LogP contribution in [-0.2, 0) is 17.8 Å².